The maximum Gasteiger partial charge on any atom is 0.243 e. The highest BCUT2D eigenvalue weighted by Gasteiger charge is 2.29. The highest BCUT2D eigenvalue weighted by Crippen LogP contribution is 2.35. The van der Waals surface area contributed by atoms with Gasteiger partial charge in [-0.15, -0.1) is 0 Å². The molecule has 0 aliphatic carbocycles. The number of ether oxygens (including phenoxy) is 2. The quantitative estimate of drug-likeness (QED) is 0.509. The van der Waals surface area contributed by atoms with E-state index in [2.05, 4.69) is 11.9 Å². The Hall–Kier alpha value is -3.17. The van der Waals surface area contributed by atoms with Gasteiger partial charge in [0.2, 0.25) is 22.8 Å². The van der Waals surface area contributed by atoms with Gasteiger partial charge in [0, 0.05) is 37.9 Å². The van der Waals surface area contributed by atoms with Gasteiger partial charge in [0.1, 0.15) is 0 Å². The van der Waals surface area contributed by atoms with Crippen LogP contribution in [0.25, 0.3) is 11.3 Å². The van der Waals surface area contributed by atoms with Gasteiger partial charge in [0.05, 0.1) is 10.6 Å². The van der Waals surface area contributed by atoms with Crippen molar-refractivity contribution in [2.45, 2.75) is 31.1 Å². The zero-order valence-corrected chi connectivity index (χ0v) is 20.0. The molecule has 2 aliphatic heterocycles. The third-order valence-electron chi connectivity index (χ3n) is 6.21. The van der Waals surface area contributed by atoms with Crippen LogP contribution in [0.4, 0.5) is 5.95 Å². The molecule has 178 valence electrons. The second-order valence-corrected chi connectivity index (χ2v) is 10.4. The van der Waals surface area contributed by atoms with Crippen molar-refractivity contribution >= 4 is 16.0 Å². The molecule has 0 N–H and O–H groups in total. The number of sulfonamides is 1. The molecule has 1 saturated heterocycles. The first-order valence-electron chi connectivity index (χ1n) is 11.6. The highest BCUT2D eigenvalue weighted by molar-refractivity contribution is 7.89. The number of anilines is 1. The lowest BCUT2D eigenvalue weighted by molar-refractivity contribution is 0.174. The van der Waals surface area contributed by atoms with Gasteiger partial charge in [0.25, 0.3) is 0 Å². The molecule has 5 rings (SSSR count). The lowest BCUT2D eigenvalue weighted by Gasteiger charge is -2.34. The second-order valence-electron chi connectivity index (χ2n) is 8.45. The third kappa shape index (κ3) is 4.58. The number of rotatable bonds is 7. The normalized spacial score (nSPS) is 16.1. The summed E-state index contributed by atoms with van der Waals surface area (Å²) in [5, 5.41) is 0. The molecule has 8 nitrogen and oxygen atoms in total. The maximum atomic E-state index is 13.1. The van der Waals surface area contributed by atoms with Crippen LogP contribution in [0.3, 0.4) is 0 Å². The van der Waals surface area contributed by atoms with Crippen molar-refractivity contribution in [1.82, 2.24) is 14.3 Å². The summed E-state index contributed by atoms with van der Waals surface area (Å²) in [4.78, 5) is 11.5. The summed E-state index contributed by atoms with van der Waals surface area (Å²) in [5.74, 6) is 2.02. The summed E-state index contributed by atoms with van der Waals surface area (Å²) in [5.41, 5.74) is 2.86. The first-order chi connectivity index (χ1) is 16.5. The SMILES string of the molecule is CCCCc1ccc(S(=O)(=O)N2CCN(c3nccc(-c4ccc5c(c4)OCO5)n3)CC2)cc1. The van der Waals surface area contributed by atoms with Gasteiger partial charge in [-0.25, -0.2) is 18.4 Å². The fraction of sp³-hybridized carbons (Fsp3) is 0.360. The van der Waals surface area contributed by atoms with E-state index < -0.39 is 10.0 Å². The van der Waals surface area contributed by atoms with Gasteiger partial charge in [-0.1, -0.05) is 25.5 Å². The van der Waals surface area contributed by atoms with Crippen molar-refractivity contribution in [3.8, 4) is 22.8 Å². The van der Waals surface area contributed by atoms with Crippen molar-refractivity contribution in [2.24, 2.45) is 0 Å². The molecular formula is C25H28N4O4S. The molecule has 2 aliphatic rings. The number of aromatic nitrogens is 2. The number of hydrogen-bond acceptors (Lipinski definition) is 7. The lowest BCUT2D eigenvalue weighted by atomic mass is 10.1. The van der Waals surface area contributed by atoms with E-state index in [4.69, 9.17) is 14.5 Å². The minimum absolute atomic E-state index is 0.226. The van der Waals surface area contributed by atoms with Crippen LogP contribution < -0.4 is 14.4 Å². The molecule has 0 radical (unpaired) electrons. The van der Waals surface area contributed by atoms with Crippen molar-refractivity contribution in [3.63, 3.8) is 0 Å². The molecule has 0 atom stereocenters. The largest absolute Gasteiger partial charge is 0.454 e. The highest BCUT2D eigenvalue weighted by atomic mass is 32.2. The van der Waals surface area contributed by atoms with E-state index >= 15 is 0 Å². The molecule has 0 saturated carbocycles. The van der Waals surface area contributed by atoms with E-state index in [1.54, 1.807) is 22.6 Å². The first-order valence-corrected chi connectivity index (χ1v) is 13.1. The van der Waals surface area contributed by atoms with Crippen molar-refractivity contribution < 1.29 is 17.9 Å². The smallest absolute Gasteiger partial charge is 0.243 e. The van der Waals surface area contributed by atoms with Crippen molar-refractivity contribution in [2.75, 3.05) is 37.9 Å². The summed E-state index contributed by atoms with van der Waals surface area (Å²) >= 11 is 0. The van der Waals surface area contributed by atoms with Gasteiger partial charge in [-0.05, 0) is 54.8 Å². The van der Waals surface area contributed by atoms with E-state index in [-0.39, 0.29) is 6.79 Å². The maximum absolute atomic E-state index is 13.1. The first kappa shape index (κ1) is 22.6. The lowest BCUT2D eigenvalue weighted by Crippen LogP contribution is -2.49. The monoisotopic (exact) mass is 480 g/mol. The number of benzene rings is 2. The zero-order valence-electron chi connectivity index (χ0n) is 19.2. The van der Waals surface area contributed by atoms with Crippen LogP contribution in [0.15, 0.2) is 59.6 Å². The fourth-order valence-corrected chi connectivity index (χ4v) is 5.63. The van der Waals surface area contributed by atoms with Gasteiger partial charge < -0.3 is 14.4 Å². The van der Waals surface area contributed by atoms with Gasteiger partial charge >= 0.3 is 0 Å². The molecule has 0 bridgehead atoms. The molecule has 3 heterocycles. The molecule has 0 unspecified atom stereocenters. The second kappa shape index (κ2) is 9.60. The number of piperazine rings is 1. The predicted octanol–water partition coefficient (Wildman–Crippen LogP) is 3.73. The number of fused-ring (bicyclic) bond motifs is 1. The average molecular weight is 481 g/mol. The molecule has 2 aromatic carbocycles. The fourth-order valence-electron chi connectivity index (χ4n) is 4.20. The topological polar surface area (TPSA) is 84.9 Å². The Morgan fingerprint density at radius 2 is 1.71 bits per heavy atom. The molecule has 1 aromatic heterocycles. The van der Waals surface area contributed by atoms with Crippen molar-refractivity contribution in [1.29, 1.82) is 0 Å². The molecule has 3 aromatic rings. The van der Waals surface area contributed by atoms with E-state index in [0.717, 1.165) is 36.3 Å². The minimum Gasteiger partial charge on any atom is -0.454 e. The number of nitrogens with zero attached hydrogens (tertiary/aromatic N) is 4. The Kier molecular flexibility index (Phi) is 6.38. The van der Waals surface area contributed by atoms with E-state index in [1.165, 1.54) is 5.56 Å². The molecule has 0 spiro atoms. The van der Waals surface area contributed by atoms with Gasteiger partial charge in [-0.2, -0.15) is 4.31 Å². The Morgan fingerprint density at radius 3 is 2.47 bits per heavy atom. The summed E-state index contributed by atoms with van der Waals surface area (Å²) < 4.78 is 38.7. The predicted molar refractivity (Wildman–Crippen MR) is 130 cm³/mol. The summed E-state index contributed by atoms with van der Waals surface area (Å²) in [7, 11) is -3.52. The molecular weight excluding hydrogens is 452 g/mol. The summed E-state index contributed by atoms with van der Waals surface area (Å²) in [6.07, 6.45) is 4.92. The summed E-state index contributed by atoms with van der Waals surface area (Å²) in [6, 6.07) is 14.9. The summed E-state index contributed by atoms with van der Waals surface area (Å²) in [6.45, 7) is 4.20. The van der Waals surface area contributed by atoms with Crippen LogP contribution in [-0.2, 0) is 16.4 Å². The Bertz CT molecular complexity index is 1260. The van der Waals surface area contributed by atoms with E-state index in [0.29, 0.717) is 42.8 Å². The number of unbranched alkanes of at least 4 members (excludes halogenated alkanes) is 1. The molecule has 1 fully saturated rings. The number of aryl methyl sites for hydroxylation is 1. The van der Waals surface area contributed by atoms with Gasteiger partial charge in [0.15, 0.2) is 11.5 Å². The van der Waals surface area contributed by atoms with Gasteiger partial charge in [-0.3, -0.25) is 0 Å². The van der Waals surface area contributed by atoms with Crippen LogP contribution in [0, 0.1) is 0 Å². The van der Waals surface area contributed by atoms with E-state index in [1.807, 2.05) is 41.3 Å². The van der Waals surface area contributed by atoms with Crippen LogP contribution in [0.2, 0.25) is 0 Å². The Labute approximate surface area is 200 Å². The standard InChI is InChI=1S/C25H28N4O4S/c1-2-3-4-19-5-8-21(9-6-19)34(30,31)29-15-13-28(14-16-29)25-26-12-11-22(27-25)20-7-10-23-24(17-20)33-18-32-23/h5-12,17H,2-4,13-16,18H2,1H3. The van der Waals surface area contributed by atoms with Crippen LogP contribution in [0.1, 0.15) is 25.3 Å². The molecule has 34 heavy (non-hydrogen) atoms. The van der Waals surface area contributed by atoms with Crippen LogP contribution in [-0.4, -0.2) is 55.7 Å². The minimum atomic E-state index is -3.52. The zero-order chi connectivity index (χ0) is 23.5. The van der Waals surface area contributed by atoms with Crippen LogP contribution in [0.5, 0.6) is 11.5 Å². The Morgan fingerprint density at radius 1 is 0.941 bits per heavy atom. The molecule has 0 amide bonds. The van der Waals surface area contributed by atoms with Crippen molar-refractivity contribution in [3.05, 3.63) is 60.3 Å². The Balaban J connectivity index is 1.26. The number of hydrogen-bond donors (Lipinski definition) is 0. The average Bonchev–Trinajstić information content (AvgIpc) is 3.36. The van der Waals surface area contributed by atoms with Crippen LogP contribution >= 0.6 is 0 Å². The van der Waals surface area contributed by atoms with E-state index in [9.17, 15) is 8.42 Å². The molecule has 9 heteroatoms. The third-order valence-corrected chi connectivity index (χ3v) is 8.13.